The van der Waals surface area contributed by atoms with Crippen molar-refractivity contribution in [2.75, 3.05) is 7.05 Å². The third-order valence-electron chi connectivity index (χ3n) is 3.66. The maximum atomic E-state index is 13.2. The summed E-state index contributed by atoms with van der Waals surface area (Å²) < 4.78 is 39.7. The minimum atomic E-state index is -3.91. The molecule has 0 aliphatic rings. The number of halogens is 1. The van der Waals surface area contributed by atoms with Gasteiger partial charge in [-0.05, 0) is 30.2 Å². The normalized spacial score (nSPS) is 14.1. The fourth-order valence-electron chi connectivity index (χ4n) is 2.33. The highest BCUT2D eigenvalue weighted by Crippen LogP contribution is 2.29. The fourth-order valence-corrected chi connectivity index (χ4v) is 3.80. The lowest BCUT2D eigenvalue weighted by molar-refractivity contribution is 0.400. The zero-order valence-corrected chi connectivity index (χ0v) is 14.1. The van der Waals surface area contributed by atoms with E-state index in [1.165, 1.54) is 43.7 Å². The minimum Gasteiger partial charge on any atom is -0.239 e. The van der Waals surface area contributed by atoms with Gasteiger partial charge in [0.25, 0.3) is 0 Å². The second-order valence-electron chi connectivity index (χ2n) is 5.15. The molecule has 2 atom stereocenters. The molecule has 2 rings (SSSR count). The number of sulfonamides is 1. The van der Waals surface area contributed by atoms with E-state index in [1.54, 1.807) is 13.0 Å². The zero-order chi connectivity index (χ0) is 17.7. The molecule has 24 heavy (non-hydrogen) atoms. The van der Waals surface area contributed by atoms with Gasteiger partial charge in [0, 0.05) is 19.4 Å². The van der Waals surface area contributed by atoms with Crippen LogP contribution < -0.4 is 0 Å². The molecule has 1 aromatic carbocycles. The van der Waals surface area contributed by atoms with Crippen molar-refractivity contribution < 1.29 is 12.8 Å². The van der Waals surface area contributed by atoms with Crippen LogP contribution in [0, 0.1) is 17.1 Å². The van der Waals surface area contributed by atoms with Gasteiger partial charge in [-0.15, -0.1) is 0 Å². The second-order valence-corrected chi connectivity index (χ2v) is 7.32. The van der Waals surface area contributed by atoms with E-state index < -0.39 is 27.1 Å². The summed E-state index contributed by atoms with van der Waals surface area (Å²) in [5, 5.41) is 7.96. The van der Waals surface area contributed by atoms with E-state index in [9.17, 15) is 12.8 Å². The third kappa shape index (κ3) is 3.58. The molecule has 126 valence electrons. The highest BCUT2D eigenvalue weighted by molar-refractivity contribution is 7.90. The SMILES string of the molecule is CC[C@H](C#N)S(=O)(=O)N(C)[C@H](c1ccc(F)cc1)c1ncccn1. The number of nitriles is 1. The number of aromatic nitrogens is 2. The monoisotopic (exact) mass is 348 g/mol. The Morgan fingerprint density at radius 2 is 1.83 bits per heavy atom. The summed E-state index contributed by atoms with van der Waals surface area (Å²) in [6.45, 7) is 1.63. The molecule has 0 aliphatic heterocycles. The summed E-state index contributed by atoms with van der Waals surface area (Å²) in [7, 11) is -2.53. The molecule has 0 aliphatic carbocycles. The average Bonchev–Trinajstić information content (AvgIpc) is 2.58. The molecule has 0 amide bonds. The van der Waals surface area contributed by atoms with Crippen molar-refractivity contribution in [2.24, 2.45) is 0 Å². The first kappa shape index (κ1) is 18.0. The molecule has 8 heteroatoms. The Hall–Kier alpha value is -2.37. The molecule has 0 spiro atoms. The molecule has 0 saturated carbocycles. The smallest absolute Gasteiger partial charge is 0.231 e. The number of rotatable bonds is 6. The standard InChI is InChI=1S/C16H17FN4O2S/c1-3-14(11-18)24(22,23)21(2)15(16-19-9-4-10-20-16)12-5-7-13(17)8-6-12/h4-10,14-15H,3H2,1-2H3/t14-,15-/m1/s1. The van der Waals surface area contributed by atoms with Crippen molar-refractivity contribution in [3.63, 3.8) is 0 Å². The van der Waals surface area contributed by atoms with Gasteiger partial charge in [-0.25, -0.2) is 22.8 Å². The summed E-state index contributed by atoms with van der Waals surface area (Å²) in [5.41, 5.74) is 0.515. The Kier molecular flexibility index (Phi) is 5.59. The van der Waals surface area contributed by atoms with Gasteiger partial charge in [-0.2, -0.15) is 9.57 Å². The van der Waals surface area contributed by atoms with E-state index in [0.29, 0.717) is 5.56 Å². The molecular weight excluding hydrogens is 331 g/mol. The molecule has 0 fully saturated rings. The van der Waals surface area contributed by atoms with Gasteiger partial charge in [0.1, 0.15) is 11.9 Å². The van der Waals surface area contributed by atoms with Crippen LogP contribution in [0.4, 0.5) is 4.39 Å². The first-order chi connectivity index (χ1) is 11.4. The summed E-state index contributed by atoms with van der Waals surface area (Å²) in [6.07, 6.45) is 3.16. The molecule has 0 N–H and O–H groups in total. The highest BCUT2D eigenvalue weighted by Gasteiger charge is 2.36. The van der Waals surface area contributed by atoms with Crippen molar-refractivity contribution in [3.05, 3.63) is 59.9 Å². The number of hydrogen-bond acceptors (Lipinski definition) is 5. The van der Waals surface area contributed by atoms with Crippen LogP contribution >= 0.6 is 0 Å². The largest absolute Gasteiger partial charge is 0.239 e. The lowest BCUT2D eigenvalue weighted by Gasteiger charge is -2.28. The summed E-state index contributed by atoms with van der Waals surface area (Å²) in [5.74, 6) is -0.177. The quantitative estimate of drug-likeness (QED) is 0.799. The number of hydrogen-bond donors (Lipinski definition) is 0. The Morgan fingerprint density at radius 1 is 1.25 bits per heavy atom. The lowest BCUT2D eigenvalue weighted by atomic mass is 10.1. The molecule has 1 aromatic heterocycles. The second kappa shape index (κ2) is 7.47. The van der Waals surface area contributed by atoms with E-state index in [4.69, 9.17) is 5.26 Å². The van der Waals surface area contributed by atoms with Crippen LogP contribution in [-0.4, -0.2) is 35.0 Å². The minimum absolute atomic E-state index is 0.162. The van der Waals surface area contributed by atoms with E-state index in [-0.39, 0.29) is 12.2 Å². The van der Waals surface area contributed by atoms with Crippen LogP contribution in [0.25, 0.3) is 0 Å². The number of benzene rings is 1. The van der Waals surface area contributed by atoms with Gasteiger partial charge in [0.05, 0.1) is 6.07 Å². The van der Waals surface area contributed by atoms with Crippen LogP contribution in [0.2, 0.25) is 0 Å². The molecule has 6 nitrogen and oxygen atoms in total. The van der Waals surface area contributed by atoms with E-state index in [1.807, 2.05) is 6.07 Å². The van der Waals surface area contributed by atoms with Gasteiger partial charge in [0.2, 0.25) is 10.0 Å². The molecule has 0 saturated heterocycles. The maximum Gasteiger partial charge on any atom is 0.231 e. The number of nitrogens with zero attached hydrogens (tertiary/aromatic N) is 4. The van der Waals surface area contributed by atoms with Crippen molar-refractivity contribution in [1.29, 1.82) is 5.26 Å². The zero-order valence-electron chi connectivity index (χ0n) is 13.3. The molecule has 1 heterocycles. The Labute approximate surface area is 140 Å². The van der Waals surface area contributed by atoms with E-state index >= 15 is 0 Å². The predicted molar refractivity (Wildman–Crippen MR) is 86.6 cm³/mol. The fraction of sp³-hybridized carbons (Fsp3) is 0.312. The molecule has 0 bridgehead atoms. The molecule has 0 unspecified atom stereocenters. The van der Waals surface area contributed by atoms with Crippen molar-refractivity contribution in [2.45, 2.75) is 24.6 Å². The van der Waals surface area contributed by atoms with Gasteiger partial charge in [-0.1, -0.05) is 19.1 Å². The topological polar surface area (TPSA) is 87.0 Å². The van der Waals surface area contributed by atoms with E-state index in [0.717, 1.165) is 4.31 Å². The molecular formula is C16H17FN4O2S. The van der Waals surface area contributed by atoms with Gasteiger partial charge in [-0.3, -0.25) is 0 Å². The Balaban J connectivity index is 2.55. The van der Waals surface area contributed by atoms with Crippen LogP contribution in [0.3, 0.4) is 0 Å². The van der Waals surface area contributed by atoms with Crippen molar-refractivity contribution in [1.82, 2.24) is 14.3 Å². The highest BCUT2D eigenvalue weighted by atomic mass is 32.2. The van der Waals surface area contributed by atoms with Crippen LogP contribution in [-0.2, 0) is 10.0 Å². The van der Waals surface area contributed by atoms with Crippen LogP contribution in [0.1, 0.15) is 30.8 Å². The van der Waals surface area contributed by atoms with Crippen LogP contribution in [0.15, 0.2) is 42.7 Å². The Morgan fingerprint density at radius 3 is 2.33 bits per heavy atom. The summed E-state index contributed by atoms with van der Waals surface area (Å²) in [6, 6.07) is 8.03. The van der Waals surface area contributed by atoms with Crippen molar-refractivity contribution in [3.8, 4) is 6.07 Å². The first-order valence-corrected chi connectivity index (χ1v) is 8.81. The Bertz CT molecular complexity index is 819. The maximum absolute atomic E-state index is 13.2. The van der Waals surface area contributed by atoms with Gasteiger partial charge >= 0.3 is 0 Å². The molecule has 2 aromatic rings. The lowest BCUT2D eigenvalue weighted by Crippen LogP contribution is -2.39. The first-order valence-electron chi connectivity index (χ1n) is 7.30. The van der Waals surface area contributed by atoms with Gasteiger partial charge in [0.15, 0.2) is 11.1 Å². The predicted octanol–water partition coefficient (Wildman–Crippen LogP) is 2.27. The van der Waals surface area contributed by atoms with E-state index in [2.05, 4.69) is 9.97 Å². The summed E-state index contributed by atoms with van der Waals surface area (Å²) >= 11 is 0. The molecule has 0 radical (unpaired) electrons. The van der Waals surface area contributed by atoms with Crippen molar-refractivity contribution >= 4 is 10.0 Å². The van der Waals surface area contributed by atoms with Gasteiger partial charge < -0.3 is 0 Å². The summed E-state index contributed by atoms with van der Waals surface area (Å²) in [4.78, 5) is 8.26. The average molecular weight is 348 g/mol. The van der Waals surface area contributed by atoms with Crippen LogP contribution in [0.5, 0.6) is 0 Å². The third-order valence-corrected chi connectivity index (χ3v) is 5.83.